The van der Waals surface area contributed by atoms with E-state index in [0.717, 1.165) is 56.6 Å². The number of guanidine groups is 1. The summed E-state index contributed by atoms with van der Waals surface area (Å²) in [6, 6.07) is 10.1. The summed E-state index contributed by atoms with van der Waals surface area (Å²) in [5.41, 5.74) is 0. The molecule has 2 heterocycles. The molecule has 0 amide bonds. The van der Waals surface area contributed by atoms with Crippen LogP contribution in [-0.4, -0.2) is 51.4 Å². The zero-order valence-electron chi connectivity index (χ0n) is 15.6. The quantitative estimate of drug-likeness (QED) is 0.635. The molecule has 140 valence electrons. The van der Waals surface area contributed by atoms with E-state index >= 15 is 0 Å². The number of ether oxygens (including phenoxy) is 1. The number of nitrogens with one attached hydrogen (secondary N) is 1. The van der Waals surface area contributed by atoms with Gasteiger partial charge < -0.3 is 19.5 Å². The minimum Gasteiger partial charge on any atom is -0.490 e. The van der Waals surface area contributed by atoms with Gasteiger partial charge in [0.1, 0.15) is 24.7 Å². The molecule has 7 heteroatoms. The summed E-state index contributed by atoms with van der Waals surface area (Å²) in [6.45, 7) is 8.29. The van der Waals surface area contributed by atoms with Crippen LogP contribution in [0.5, 0.6) is 5.75 Å². The first-order chi connectivity index (χ1) is 12.8. The van der Waals surface area contributed by atoms with Crippen molar-refractivity contribution in [3.63, 3.8) is 0 Å². The van der Waals surface area contributed by atoms with Crippen LogP contribution < -0.4 is 10.1 Å². The van der Waals surface area contributed by atoms with E-state index in [9.17, 15) is 0 Å². The molecular weight excluding hydrogens is 328 g/mol. The van der Waals surface area contributed by atoms with Crippen LogP contribution in [0.2, 0.25) is 0 Å². The highest BCUT2D eigenvalue weighted by Gasteiger charge is 2.22. The number of benzene rings is 1. The smallest absolute Gasteiger partial charge is 0.194 e. The summed E-state index contributed by atoms with van der Waals surface area (Å²) in [4.78, 5) is 7.07. The van der Waals surface area contributed by atoms with E-state index in [-0.39, 0.29) is 6.10 Å². The lowest BCUT2D eigenvalue weighted by molar-refractivity contribution is 0.129. The molecule has 0 bridgehead atoms. The van der Waals surface area contributed by atoms with E-state index in [1.807, 2.05) is 34.9 Å². The van der Waals surface area contributed by atoms with Gasteiger partial charge in [0, 0.05) is 39.0 Å². The highest BCUT2D eigenvalue weighted by molar-refractivity contribution is 5.80. The first-order valence-electron chi connectivity index (χ1n) is 9.41. The number of aromatic nitrogens is 3. The minimum absolute atomic E-state index is 0.264. The normalized spacial score (nSPS) is 15.9. The molecule has 0 atom stereocenters. The SMILES string of the molecule is CCNC(=NCc1nncn1CC)N1CCC(Oc2ccccc2)CC1. The summed E-state index contributed by atoms with van der Waals surface area (Å²) in [6.07, 6.45) is 4.00. The third-order valence-corrected chi connectivity index (χ3v) is 4.53. The number of aliphatic imine (C=N–C) groups is 1. The maximum absolute atomic E-state index is 6.08. The van der Waals surface area contributed by atoms with Gasteiger partial charge in [-0.15, -0.1) is 10.2 Å². The molecule has 1 aliphatic rings. The van der Waals surface area contributed by atoms with E-state index in [1.54, 1.807) is 6.33 Å². The molecule has 0 unspecified atom stereocenters. The predicted octanol–water partition coefficient (Wildman–Crippen LogP) is 2.31. The molecule has 3 rings (SSSR count). The lowest BCUT2D eigenvalue weighted by atomic mass is 10.1. The summed E-state index contributed by atoms with van der Waals surface area (Å²) >= 11 is 0. The van der Waals surface area contributed by atoms with Crippen LogP contribution in [0.1, 0.15) is 32.5 Å². The number of para-hydroxylation sites is 1. The summed E-state index contributed by atoms with van der Waals surface area (Å²) < 4.78 is 8.10. The second-order valence-electron chi connectivity index (χ2n) is 6.32. The van der Waals surface area contributed by atoms with Gasteiger partial charge in [0.05, 0.1) is 0 Å². The number of aryl methyl sites for hydroxylation is 1. The molecule has 1 aromatic carbocycles. The monoisotopic (exact) mass is 356 g/mol. The molecule has 7 nitrogen and oxygen atoms in total. The molecule has 0 spiro atoms. The largest absolute Gasteiger partial charge is 0.490 e. The molecule has 2 aromatic rings. The first-order valence-corrected chi connectivity index (χ1v) is 9.41. The third-order valence-electron chi connectivity index (χ3n) is 4.53. The Bertz CT molecular complexity index is 691. The predicted molar refractivity (Wildman–Crippen MR) is 102 cm³/mol. The van der Waals surface area contributed by atoms with E-state index < -0.39 is 0 Å². The molecule has 1 N–H and O–H groups in total. The number of likely N-dealkylation sites (tertiary alicyclic amines) is 1. The van der Waals surface area contributed by atoms with Gasteiger partial charge >= 0.3 is 0 Å². The zero-order chi connectivity index (χ0) is 18.2. The minimum atomic E-state index is 0.264. The van der Waals surface area contributed by atoms with Gasteiger partial charge in [0.15, 0.2) is 11.8 Å². The van der Waals surface area contributed by atoms with Crippen LogP contribution in [0.3, 0.4) is 0 Å². The van der Waals surface area contributed by atoms with Crippen molar-refractivity contribution in [2.24, 2.45) is 4.99 Å². The summed E-state index contributed by atoms with van der Waals surface area (Å²) in [7, 11) is 0. The van der Waals surface area contributed by atoms with Crippen molar-refractivity contribution in [1.29, 1.82) is 0 Å². The van der Waals surface area contributed by atoms with E-state index in [2.05, 4.69) is 34.3 Å². The fraction of sp³-hybridized carbons (Fsp3) is 0.526. The number of hydrogen-bond donors (Lipinski definition) is 1. The Balaban J connectivity index is 1.56. The Labute approximate surface area is 155 Å². The lowest BCUT2D eigenvalue weighted by Gasteiger charge is -2.34. The fourth-order valence-electron chi connectivity index (χ4n) is 3.11. The van der Waals surface area contributed by atoms with Crippen LogP contribution in [-0.2, 0) is 13.1 Å². The van der Waals surface area contributed by atoms with Gasteiger partial charge in [-0.25, -0.2) is 4.99 Å². The maximum Gasteiger partial charge on any atom is 0.194 e. The van der Waals surface area contributed by atoms with Gasteiger partial charge in [-0.3, -0.25) is 0 Å². The van der Waals surface area contributed by atoms with E-state index in [0.29, 0.717) is 6.54 Å². The van der Waals surface area contributed by atoms with E-state index in [4.69, 9.17) is 9.73 Å². The molecule has 26 heavy (non-hydrogen) atoms. The van der Waals surface area contributed by atoms with Crippen molar-refractivity contribution in [3.8, 4) is 5.75 Å². The maximum atomic E-state index is 6.08. The molecule has 1 aromatic heterocycles. The van der Waals surface area contributed by atoms with Gasteiger partial charge in [0.2, 0.25) is 0 Å². The van der Waals surface area contributed by atoms with Crippen molar-refractivity contribution in [2.75, 3.05) is 19.6 Å². The van der Waals surface area contributed by atoms with Gasteiger partial charge in [0.25, 0.3) is 0 Å². The molecule has 1 fully saturated rings. The van der Waals surface area contributed by atoms with Gasteiger partial charge in [-0.05, 0) is 26.0 Å². The molecule has 0 aliphatic carbocycles. The summed E-state index contributed by atoms with van der Waals surface area (Å²) in [5, 5.41) is 11.5. The molecular formula is C19H28N6O. The standard InChI is InChI=1S/C19H28N6O/c1-3-20-19(21-14-18-23-22-15-24(18)4-2)25-12-10-17(11-13-25)26-16-8-6-5-7-9-16/h5-9,15,17H,3-4,10-14H2,1-2H3,(H,20,21). The van der Waals surface area contributed by atoms with Crippen molar-refractivity contribution in [2.45, 2.75) is 45.9 Å². The van der Waals surface area contributed by atoms with Crippen LogP contribution in [0.15, 0.2) is 41.7 Å². The fourth-order valence-corrected chi connectivity index (χ4v) is 3.11. The second-order valence-corrected chi connectivity index (χ2v) is 6.32. The molecule has 1 aliphatic heterocycles. The number of hydrogen-bond acceptors (Lipinski definition) is 4. The summed E-state index contributed by atoms with van der Waals surface area (Å²) in [5.74, 6) is 2.78. The zero-order valence-corrected chi connectivity index (χ0v) is 15.6. The Morgan fingerprint density at radius 2 is 2.00 bits per heavy atom. The Kier molecular flexibility index (Phi) is 6.46. The van der Waals surface area contributed by atoms with Gasteiger partial charge in [-0.1, -0.05) is 18.2 Å². The van der Waals surface area contributed by atoms with Crippen molar-refractivity contribution in [3.05, 3.63) is 42.5 Å². The molecule has 0 saturated carbocycles. The molecule has 1 saturated heterocycles. The third kappa shape index (κ3) is 4.74. The van der Waals surface area contributed by atoms with Crippen LogP contribution in [0.25, 0.3) is 0 Å². The Morgan fingerprint density at radius 1 is 1.23 bits per heavy atom. The highest BCUT2D eigenvalue weighted by Crippen LogP contribution is 2.18. The number of nitrogens with zero attached hydrogens (tertiary/aromatic N) is 5. The average Bonchev–Trinajstić information content (AvgIpc) is 3.14. The van der Waals surface area contributed by atoms with Crippen molar-refractivity contribution >= 4 is 5.96 Å². The highest BCUT2D eigenvalue weighted by atomic mass is 16.5. The average molecular weight is 356 g/mol. The van der Waals surface area contributed by atoms with Crippen LogP contribution in [0.4, 0.5) is 0 Å². The molecule has 0 radical (unpaired) electrons. The van der Waals surface area contributed by atoms with Crippen LogP contribution >= 0.6 is 0 Å². The van der Waals surface area contributed by atoms with E-state index in [1.165, 1.54) is 0 Å². The Hall–Kier alpha value is -2.57. The van der Waals surface area contributed by atoms with Crippen molar-refractivity contribution < 1.29 is 4.74 Å². The Morgan fingerprint density at radius 3 is 2.69 bits per heavy atom. The first kappa shape index (κ1) is 18.2. The lowest BCUT2D eigenvalue weighted by Crippen LogP contribution is -2.47. The number of piperidine rings is 1. The van der Waals surface area contributed by atoms with Crippen molar-refractivity contribution in [1.82, 2.24) is 25.0 Å². The topological polar surface area (TPSA) is 67.6 Å². The van der Waals surface area contributed by atoms with Gasteiger partial charge in [-0.2, -0.15) is 0 Å². The second kappa shape index (κ2) is 9.22. The van der Waals surface area contributed by atoms with Crippen LogP contribution in [0, 0.1) is 0 Å². The number of rotatable bonds is 6.